The van der Waals surface area contributed by atoms with Crippen molar-refractivity contribution in [1.82, 2.24) is 14.6 Å². The van der Waals surface area contributed by atoms with E-state index >= 15 is 0 Å². The lowest BCUT2D eigenvalue weighted by atomic mass is 9.98. The second kappa shape index (κ2) is 8.22. The maximum atomic E-state index is 12.3. The van der Waals surface area contributed by atoms with Gasteiger partial charge in [0.15, 0.2) is 23.3 Å². The van der Waals surface area contributed by atoms with E-state index in [0.29, 0.717) is 33.9 Å². The van der Waals surface area contributed by atoms with Crippen LogP contribution in [0, 0.1) is 6.92 Å². The van der Waals surface area contributed by atoms with Crippen molar-refractivity contribution in [2.45, 2.75) is 39.4 Å². The lowest BCUT2D eigenvalue weighted by molar-refractivity contribution is -0.160. The van der Waals surface area contributed by atoms with Crippen molar-refractivity contribution in [2.24, 2.45) is 0 Å². The SMILES string of the molecule is Cc1nc2cc(-c3ccccc3)nn2c(-c2ccc(O)c(O)c2)c1C(OC(C)(C)C)C(=O)O. The normalized spacial score (nSPS) is 12.7. The number of hydrogen-bond acceptors (Lipinski definition) is 6. The Kier molecular flexibility index (Phi) is 5.55. The van der Waals surface area contributed by atoms with Crippen LogP contribution in [0.25, 0.3) is 28.2 Å². The molecule has 3 N–H and O–H groups in total. The van der Waals surface area contributed by atoms with Gasteiger partial charge in [-0.25, -0.2) is 14.3 Å². The minimum atomic E-state index is -1.34. The number of aryl methyl sites for hydroxylation is 1. The number of phenols is 2. The number of aromatic nitrogens is 3. The number of ether oxygens (including phenoxy) is 1. The van der Waals surface area contributed by atoms with Crippen LogP contribution in [0.2, 0.25) is 0 Å². The number of fused-ring (bicyclic) bond motifs is 1. The Morgan fingerprint density at radius 2 is 1.70 bits per heavy atom. The fraction of sp³-hybridized carbons (Fsp3) is 0.240. The quantitative estimate of drug-likeness (QED) is 0.379. The van der Waals surface area contributed by atoms with Gasteiger partial charge in [-0.3, -0.25) is 0 Å². The molecule has 0 radical (unpaired) electrons. The zero-order valence-electron chi connectivity index (χ0n) is 18.8. The average Bonchev–Trinajstić information content (AvgIpc) is 3.17. The summed E-state index contributed by atoms with van der Waals surface area (Å²) in [7, 11) is 0. The van der Waals surface area contributed by atoms with E-state index in [1.54, 1.807) is 38.3 Å². The Morgan fingerprint density at radius 3 is 2.30 bits per heavy atom. The maximum absolute atomic E-state index is 12.3. The molecular formula is C25H25N3O5. The number of carbonyl (C=O) groups is 1. The first-order valence-electron chi connectivity index (χ1n) is 10.4. The van der Waals surface area contributed by atoms with Crippen LogP contribution in [0.1, 0.15) is 38.1 Å². The first kappa shape index (κ1) is 22.3. The minimum Gasteiger partial charge on any atom is -0.504 e. The molecule has 0 fully saturated rings. The molecule has 8 heteroatoms. The van der Waals surface area contributed by atoms with Crippen LogP contribution in [-0.4, -0.2) is 41.5 Å². The van der Waals surface area contributed by atoms with Gasteiger partial charge in [0.2, 0.25) is 0 Å². The highest BCUT2D eigenvalue weighted by molar-refractivity contribution is 5.81. The Hall–Kier alpha value is -3.91. The predicted molar refractivity (Wildman–Crippen MR) is 123 cm³/mol. The fourth-order valence-corrected chi connectivity index (χ4v) is 3.73. The number of carboxylic acid groups (broad SMARTS) is 1. The largest absolute Gasteiger partial charge is 0.504 e. The molecule has 33 heavy (non-hydrogen) atoms. The fourth-order valence-electron chi connectivity index (χ4n) is 3.73. The van der Waals surface area contributed by atoms with Gasteiger partial charge in [0.1, 0.15) is 0 Å². The number of aliphatic carboxylic acids is 1. The van der Waals surface area contributed by atoms with Crippen LogP contribution in [0.5, 0.6) is 11.5 Å². The summed E-state index contributed by atoms with van der Waals surface area (Å²) < 4.78 is 7.48. The lowest BCUT2D eigenvalue weighted by Gasteiger charge is -2.27. The molecule has 0 bridgehead atoms. The molecule has 2 heterocycles. The van der Waals surface area contributed by atoms with E-state index in [0.717, 1.165) is 5.56 Å². The second-order valence-corrected chi connectivity index (χ2v) is 8.78. The summed E-state index contributed by atoms with van der Waals surface area (Å²) in [5.74, 6) is -1.79. The molecule has 170 valence electrons. The van der Waals surface area contributed by atoms with Crippen molar-refractivity contribution in [3.8, 4) is 34.0 Å². The van der Waals surface area contributed by atoms with E-state index in [1.165, 1.54) is 12.1 Å². The smallest absolute Gasteiger partial charge is 0.337 e. The number of nitrogens with zero attached hydrogens (tertiary/aromatic N) is 3. The van der Waals surface area contributed by atoms with Crippen molar-refractivity contribution >= 4 is 11.6 Å². The van der Waals surface area contributed by atoms with Crippen molar-refractivity contribution < 1.29 is 24.9 Å². The summed E-state index contributed by atoms with van der Waals surface area (Å²) >= 11 is 0. The zero-order valence-corrected chi connectivity index (χ0v) is 18.8. The van der Waals surface area contributed by atoms with E-state index in [1.807, 2.05) is 36.4 Å². The number of rotatable bonds is 5. The van der Waals surface area contributed by atoms with E-state index in [4.69, 9.17) is 9.84 Å². The molecule has 4 rings (SSSR count). The predicted octanol–water partition coefficient (Wildman–Crippen LogP) is 4.72. The van der Waals surface area contributed by atoms with Gasteiger partial charge in [0, 0.05) is 28.5 Å². The summed E-state index contributed by atoms with van der Waals surface area (Å²) in [6.07, 6.45) is -1.34. The van der Waals surface area contributed by atoms with Gasteiger partial charge in [0.25, 0.3) is 0 Å². The van der Waals surface area contributed by atoms with Gasteiger partial charge in [-0.05, 0) is 45.9 Å². The summed E-state index contributed by atoms with van der Waals surface area (Å²) in [5, 5.41) is 34.8. The first-order chi connectivity index (χ1) is 15.5. The molecule has 0 amide bonds. The number of aromatic hydroxyl groups is 2. The van der Waals surface area contributed by atoms with Crippen LogP contribution in [0.3, 0.4) is 0 Å². The standard InChI is InChI=1S/C25H25N3O5/c1-14-21(23(24(31)32)33-25(2,3)4)22(16-10-11-18(29)19(30)12-16)28-20(26-14)13-17(27-28)15-8-6-5-7-9-15/h5-13,23,29-30H,1-4H3,(H,31,32). The van der Waals surface area contributed by atoms with Crippen LogP contribution in [0.4, 0.5) is 0 Å². The van der Waals surface area contributed by atoms with Gasteiger partial charge < -0.3 is 20.1 Å². The highest BCUT2D eigenvalue weighted by Crippen LogP contribution is 2.38. The Bertz CT molecular complexity index is 1340. The van der Waals surface area contributed by atoms with Crippen LogP contribution < -0.4 is 0 Å². The van der Waals surface area contributed by atoms with E-state index < -0.39 is 17.7 Å². The number of hydrogen-bond donors (Lipinski definition) is 3. The Morgan fingerprint density at radius 1 is 1.00 bits per heavy atom. The third-order valence-corrected chi connectivity index (χ3v) is 5.11. The van der Waals surface area contributed by atoms with Crippen molar-refractivity contribution in [3.05, 3.63) is 65.9 Å². The second-order valence-electron chi connectivity index (χ2n) is 8.78. The number of phenolic OH excluding ortho intramolecular Hbond substituents is 2. The van der Waals surface area contributed by atoms with Crippen LogP contribution in [0.15, 0.2) is 54.6 Å². The number of benzene rings is 2. The molecule has 0 aliphatic carbocycles. The molecule has 2 aromatic heterocycles. The summed E-state index contributed by atoms with van der Waals surface area (Å²) in [6, 6.07) is 15.7. The molecule has 8 nitrogen and oxygen atoms in total. The van der Waals surface area contributed by atoms with Gasteiger partial charge in [-0.1, -0.05) is 30.3 Å². The van der Waals surface area contributed by atoms with E-state index in [2.05, 4.69) is 4.98 Å². The van der Waals surface area contributed by atoms with Crippen molar-refractivity contribution in [2.75, 3.05) is 0 Å². The summed E-state index contributed by atoms with van der Waals surface area (Å²) in [4.78, 5) is 17.0. The molecule has 0 saturated heterocycles. The third-order valence-electron chi connectivity index (χ3n) is 5.11. The minimum absolute atomic E-state index is 0.284. The zero-order chi connectivity index (χ0) is 23.9. The third kappa shape index (κ3) is 4.38. The van der Waals surface area contributed by atoms with Crippen molar-refractivity contribution in [1.29, 1.82) is 0 Å². The molecule has 0 saturated carbocycles. The maximum Gasteiger partial charge on any atom is 0.337 e. The molecule has 1 atom stereocenters. The molecule has 0 aliphatic heterocycles. The van der Waals surface area contributed by atoms with Crippen molar-refractivity contribution in [3.63, 3.8) is 0 Å². The first-order valence-corrected chi connectivity index (χ1v) is 10.4. The molecule has 2 aromatic carbocycles. The highest BCUT2D eigenvalue weighted by Gasteiger charge is 2.33. The monoisotopic (exact) mass is 447 g/mol. The topological polar surface area (TPSA) is 117 Å². The van der Waals surface area contributed by atoms with Gasteiger partial charge >= 0.3 is 5.97 Å². The number of carboxylic acids is 1. The average molecular weight is 447 g/mol. The molecule has 0 aliphatic rings. The summed E-state index contributed by atoms with van der Waals surface area (Å²) in [6.45, 7) is 7.05. The van der Waals surface area contributed by atoms with Crippen LogP contribution in [-0.2, 0) is 9.53 Å². The Balaban J connectivity index is 2.06. The van der Waals surface area contributed by atoms with E-state index in [-0.39, 0.29) is 11.5 Å². The Labute approximate surface area is 190 Å². The molecular weight excluding hydrogens is 422 g/mol. The molecule has 1 unspecified atom stereocenters. The molecule has 0 spiro atoms. The van der Waals surface area contributed by atoms with Gasteiger partial charge in [-0.15, -0.1) is 0 Å². The van der Waals surface area contributed by atoms with Crippen LogP contribution >= 0.6 is 0 Å². The lowest BCUT2D eigenvalue weighted by Crippen LogP contribution is -2.29. The highest BCUT2D eigenvalue weighted by atomic mass is 16.5. The van der Waals surface area contributed by atoms with E-state index in [9.17, 15) is 20.1 Å². The van der Waals surface area contributed by atoms with Gasteiger partial charge in [0.05, 0.1) is 17.0 Å². The van der Waals surface area contributed by atoms with Gasteiger partial charge in [-0.2, -0.15) is 5.10 Å². The summed E-state index contributed by atoms with van der Waals surface area (Å²) in [5.41, 5.74) is 2.94. The molecule has 4 aromatic rings.